The van der Waals surface area contributed by atoms with Crippen molar-refractivity contribution in [2.24, 2.45) is 11.3 Å². The van der Waals surface area contributed by atoms with Gasteiger partial charge in [0, 0.05) is 12.6 Å². The molecule has 4 atom stereocenters. The first-order valence-corrected chi connectivity index (χ1v) is 7.64. The normalized spacial score (nSPS) is 37.6. The van der Waals surface area contributed by atoms with Gasteiger partial charge < -0.3 is 15.2 Å². The molecule has 2 N–H and O–H groups in total. The molecule has 1 heterocycles. The number of carbonyl (C=O) groups is 2. The second-order valence-corrected chi connectivity index (χ2v) is 6.24. The summed E-state index contributed by atoms with van der Waals surface area (Å²) in [6.45, 7) is 4.39. The Balaban J connectivity index is 2.03. The van der Waals surface area contributed by atoms with Gasteiger partial charge in [0.05, 0.1) is 17.4 Å². The number of nitrogens with one attached hydrogen (secondary N) is 1. The summed E-state index contributed by atoms with van der Waals surface area (Å²) in [4.78, 5) is 23.9. The smallest absolute Gasteiger partial charge is 0.311 e. The van der Waals surface area contributed by atoms with Gasteiger partial charge in [0.2, 0.25) is 5.91 Å². The SMILES string of the molecule is CCC1OCCC1C(=O)NC1CCCCC1(C)C(=O)O. The zero-order chi connectivity index (χ0) is 14.8. The molecule has 0 radical (unpaired) electrons. The van der Waals surface area contributed by atoms with E-state index in [2.05, 4.69) is 5.32 Å². The predicted octanol–water partition coefficient (Wildman–Crippen LogP) is 1.95. The minimum absolute atomic E-state index is 0.0188. The molecule has 0 aromatic rings. The van der Waals surface area contributed by atoms with Gasteiger partial charge in [0.25, 0.3) is 0 Å². The Labute approximate surface area is 120 Å². The lowest BCUT2D eigenvalue weighted by atomic mass is 9.71. The molecule has 0 aromatic heterocycles. The van der Waals surface area contributed by atoms with Gasteiger partial charge in [-0.1, -0.05) is 19.8 Å². The van der Waals surface area contributed by atoms with Crippen LogP contribution in [0.15, 0.2) is 0 Å². The Bertz CT molecular complexity index is 384. The highest BCUT2D eigenvalue weighted by molar-refractivity contribution is 5.82. The number of amides is 1. The fourth-order valence-corrected chi connectivity index (χ4v) is 3.45. The molecule has 1 aliphatic heterocycles. The molecular weight excluding hydrogens is 258 g/mol. The number of rotatable bonds is 4. The summed E-state index contributed by atoms with van der Waals surface area (Å²) in [7, 11) is 0. The van der Waals surface area contributed by atoms with E-state index in [-0.39, 0.29) is 24.0 Å². The van der Waals surface area contributed by atoms with E-state index in [0.717, 1.165) is 32.1 Å². The Morgan fingerprint density at radius 2 is 2.10 bits per heavy atom. The number of hydrogen-bond acceptors (Lipinski definition) is 3. The van der Waals surface area contributed by atoms with Crippen LogP contribution in [0.1, 0.15) is 52.4 Å². The summed E-state index contributed by atoms with van der Waals surface area (Å²) in [5.74, 6) is -0.967. The number of aliphatic carboxylic acids is 1. The fourth-order valence-electron chi connectivity index (χ4n) is 3.45. The molecule has 2 rings (SSSR count). The zero-order valence-corrected chi connectivity index (χ0v) is 12.4. The van der Waals surface area contributed by atoms with E-state index in [4.69, 9.17) is 4.74 Å². The van der Waals surface area contributed by atoms with Crippen molar-refractivity contribution in [3.63, 3.8) is 0 Å². The summed E-state index contributed by atoms with van der Waals surface area (Å²) in [5.41, 5.74) is -0.838. The van der Waals surface area contributed by atoms with Crippen molar-refractivity contribution in [1.82, 2.24) is 5.32 Å². The maximum atomic E-state index is 12.4. The standard InChI is InChI=1S/C15H25NO4/c1-3-11-10(7-9-20-11)13(17)16-12-6-4-5-8-15(12,2)14(18)19/h10-12H,3-9H2,1-2H3,(H,16,17)(H,18,19). The summed E-state index contributed by atoms with van der Waals surface area (Å²) in [6.07, 6.45) is 4.81. The van der Waals surface area contributed by atoms with E-state index in [1.54, 1.807) is 6.92 Å². The van der Waals surface area contributed by atoms with Crippen LogP contribution in [0.2, 0.25) is 0 Å². The van der Waals surface area contributed by atoms with Crippen molar-refractivity contribution in [1.29, 1.82) is 0 Å². The molecule has 2 fully saturated rings. The third kappa shape index (κ3) is 2.82. The van der Waals surface area contributed by atoms with Crippen molar-refractivity contribution in [3.05, 3.63) is 0 Å². The van der Waals surface area contributed by atoms with Crippen LogP contribution in [0.3, 0.4) is 0 Å². The second kappa shape index (κ2) is 6.12. The van der Waals surface area contributed by atoms with Gasteiger partial charge in [-0.2, -0.15) is 0 Å². The molecule has 0 spiro atoms. The highest BCUT2D eigenvalue weighted by Gasteiger charge is 2.45. The number of carbonyl (C=O) groups excluding carboxylic acids is 1. The number of carboxylic acids is 1. The number of carboxylic acid groups (broad SMARTS) is 1. The van der Waals surface area contributed by atoms with E-state index in [0.29, 0.717) is 13.0 Å². The summed E-state index contributed by atoms with van der Waals surface area (Å²) in [5, 5.41) is 12.5. The lowest BCUT2D eigenvalue weighted by Crippen LogP contribution is -2.54. The van der Waals surface area contributed by atoms with E-state index in [1.165, 1.54) is 0 Å². The van der Waals surface area contributed by atoms with Crippen molar-refractivity contribution < 1.29 is 19.4 Å². The van der Waals surface area contributed by atoms with Gasteiger partial charge in [-0.15, -0.1) is 0 Å². The van der Waals surface area contributed by atoms with E-state index >= 15 is 0 Å². The van der Waals surface area contributed by atoms with Crippen molar-refractivity contribution in [2.45, 2.75) is 64.5 Å². The zero-order valence-electron chi connectivity index (χ0n) is 12.4. The minimum atomic E-state index is -0.838. The van der Waals surface area contributed by atoms with Gasteiger partial charge in [-0.3, -0.25) is 9.59 Å². The van der Waals surface area contributed by atoms with Crippen LogP contribution in [0.25, 0.3) is 0 Å². The van der Waals surface area contributed by atoms with E-state index in [9.17, 15) is 14.7 Å². The summed E-state index contributed by atoms with van der Waals surface area (Å²) >= 11 is 0. The largest absolute Gasteiger partial charge is 0.481 e. The van der Waals surface area contributed by atoms with Gasteiger partial charge >= 0.3 is 5.97 Å². The van der Waals surface area contributed by atoms with Crippen LogP contribution >= 0.6 is 0 Å². The monoisotopic (exact) mass is 283 g/mol. The second-order valence-electron chi connectivity index (χ2n) is 6.24. The third-order valence-electron chi connectivity index (χ3n) is 4.96. The Hall–Kier alpha value is -1.10. The van der Waals surface area contributed by atoms with E-state index in [1.807, 2.05) is 6.92 Å². The van der Waals surface area contributed by atoms with E-state index < -0.39 is 11.4 Å². The lowest BCUT2D eigenvalue weighted by Gasteiger charge is -2.39. The van der Waals surface area contributed by atoms with Crippen LogP contribution in [0.5, 0.6) is 0 Å². The van der Waals surface area contributed by atoms with Gasteiger partial charge in [-0.05, 0) is 32.6 Å². The first-order valence-electron chi connectivity index (χ1n) is 7.64. The molecule has 1 amide bonds. The van der Waals surface area contributed by atoms with Gasteiger partial charge in [0.1, 0.15) is 0 Å². The molecule has 1 aliphatic carbocycles. The average Bonchev–Trinajstić information content (AvgIpc) is 2.89. The molecule has 20 heavy (non-hydrogen) atoms. The molecule has 0 bridgehead atoms. The Morgan fingerprint density at radius 1 is 1.35 bits per heavy atom. The van der Waals surface area contributed by atoms with Crippen LogP contribution in [0.4, 0.5) is 0 Å². The van der Waals surface area contributed by atoms with Crippen molar-refractivity contribution >= 4 is 11.9 Å². The van der Waals surface area contributed by atoms with Crippen molar-refractivity contribution in [2.75, 3.05) is 6.61 Å². The summed E-state index contributed by atoms with van der Waals surface area (Å²) < 4.78 is 5.55. The topological polar surface area (TPSA) is 75.6 Å². The minimum Gasteiger partial charge on any atom is -0.481 e. The van der Waals surface area contributed by atoms with Gasteiger partial charge in [0.15, 0.2) is 0 Å². The van der Waals surface area contributed by atoms with Crippen LogP contribution in [-0.4, -0.2) is 35.7 Å². The highest BCUT2D eigenvalue weighted by atomic mass is 16.5. The van der Waals surface area contributed by atoms with Crippen molar-refractivity contribution in [3.8, 4) is 0 Å². The molecular formula is C15H25NO4. The van der Waals surface area contributed by atoms with Gasteiger partial charge in [-0.25, -0.2) is 0 Å². The highest BCUT2D eigenvalue weighted by Crippen LogP contribution is 2.37. The fraction of sp³-hybridized carbons (Fsp3) is 0.867. The molecule has 5 nitrogen and oxygen atoms in total. The molecule has 4 unspecified atom stereocenters. The predicted molar refractivity (Wildman–Crippen MR) is 74.3 cm³/mol. The molecule has 1 saturated heterocycles. The number of ether oxygens (including phenoxy) is 1. The third-order valence-corrected chi connectivity index (χ3v) is 4.96. The Morgan fingerprint density at radius 3 is 2.75 bits per heavy atom. The first kappa shape index (κ1) is 15.3. The molecule has 114 valence electrons. The van der Waals surface area contributed by atoms with Crippen LogP contribution in [-0.2, 0) is 14.3 Å². The quantitative estimate of drug-likeness (QED) is 0.827. The number of hydrogen-bond donors (Lipinski definition) is 2. The maximum absolute atomic E-state index is 12.4. The maximum Gasteiger partial charge on any atom is 0.311 e. The molecule has 2 aliphatic rings. The lowest BCUT2D eigenvalue weighted by molar-refractivity contribution is -0.152. The molecule has 1 saturated carbocycles. The van der Waals surface area contributed by atoms with Crippen LogP contribution < -0.4 is 5.32 Å². The first-order chi connectivity index (χ1) is 9.49. The molecule has 0 aromatic carbocycles. The average molecular weight is 283 g/mol. The van der Waals surface area contributed by atoms with Crippen LogP contribution in [0, 0.1) is 11.3 Å². The Kier molecular flexibility index (Phi) is 4.68. The summed E-state index contributed by atoms with van der Waals surface area (Å²) in [6, 6.07) is -0.264. The molecule has 5 heteroatoms.